The van der Waals surface area contributed by atoms with E-state index in [1.54, 1.807) is 0 Å². The lowest BCUT2D eigenvalue weighted by atomic mass is 10.1. The summed E-state index contributed by atoms with van der Waals surface area (Å²) in [4.78, 5) is 20.1. The van der Waals surface area contributed by atoms with E-state index in [9.17, 15) is 4.79 Å². The Labute approximate surface area is 157 Å². The van der Waals surface area contributed by atoms with Crippen LogP contribution in [0.2, 0.25) is 0 Å². The highest BCUT2D eigenvalue weighted by atomic mass is 32.2. The van der Waals surface area contributed by atoms with Gasteiger partial charge in [0.05, 0.1) is 22.9 Å². The predicted molar refractivity (Wildman–Crippen MR) is 106 cm³/mol. The van der Waals surface area contributed by atoms with Crippen LogP contribution in [-0.4, -0.2) is 27.7 Å². The highest BCUT2D eigenvalue weighted by molar-refractivity contribution is 8.00. The Hall–Kier alpha value is -2.47. The van der Waals surface area contributed by atoms with Gasteiger partial charge in [-0.1, -0.05) is 41.6 Å². The summed E-state index contributed by atoms with van der Waals surface area (Å²) >= 11 is 1.41. The molecule has 0 saturated heterocycles. The van der Waals surface area contributed by atoms with Gasteiger partial charge >= 0.3 is 0 Å². The molecule has 1 heterocycles. The number of imidazole rings is 1. The van der Waals surface area contributed by atoms with E-state index in [4.69, 9.17) is 4.74 Å². The maximum Gasteiger partial charge on any atom is 0.233 e. The van der Waals surface area contributed by atoms with Crippen LogP contribution in [0.15, 0.2) is 47.6 Å². The topological polar surface area (TPSA) is 67.0 Å². The van der Waals surface area contributed by atoms with Crippen molar-refractivity contribution in [3.05, 3.63) is 53.6 Å². The first-order valence-corrected chi connectivity index (χ1v) is 9.55. The highest BCUT2D eigenvalue weighted by Gasteiger charge is 2.16. The minimum absolute atomic E-state index is 0.00830. The summed E-state index contributed by atoms with van der Waals surface area (Å²) in [6, 6.07) is 13.9. The lowest BCUT2D eigenvalue weighted by Gasteiger charge is -2.10. The number of H-pyrrole nitrogens is 1. The molecule has 0 saturated carbocycles. The maximum atomic E-state index is 12.3. The van der Waals surface area contributed by atoms with Crippen molar-refractivity contribution in [3.8, 4) is 5.75 Å². The third kappa shape index (κ3) is 4.58. The van der Waals surface area contributed by atoms with Crippen LogP contribution in [0.1, 0.15) is 25.0 Å². The second-order valence-corrected chi connectivity index (χ2v) is 7.45. The molecule has 6 heteroatoms. The lowest BCUT2D eigenvalue weighted by Crippen LogP contribution is -2.30. The van der Waals surface area contributed by atoms with E-state index < -0.39 is 0 Å². The molecule has 1 amide bonds. The van der Waals surface area contributed by atoms with Crippen molar-refractivity contribution in [1.82, 2.24) is 15.3 Å². The third-order valence-electron chi connectivity index (χ3n) is 3.99. The van der Waals surface area contributed by atoms with E-state index in [1.165, 1.54) is 17.3 Å². The van der Waals surface area contributed by atoms with Gasteiger partial charge in [-0.05, 0) is 38.5 Å². The standard InChI is InChI=1S/C20H23N3O2S/c1-4-25-16-9-10-17-18(11-16)23-20(22-17)26-14(3)19(24)21-12-15-7-5-13(2)6-8-15/h5-11,14H,4,12H2,1-3H3,(H,21,24)(H,22,23). The number of rotatable bonds is 7. The van der Waals surface area contributed by atoms with Gasteiger partial charge in [0.25, 0.3) is 0 Å². The molecule has 5 nitrogen and oxygen atoms in total. The number of carbonyl (C=O) groups excluding carboxylic acids is 1. The smallest absolute Gasteiger partial charge is 0.233 e. The Balaban J connectivity index is 1.59. The number of ether oxygens (including phenoxy) is 1. The van der Waals surface area contributed by atoms with Crippen molar-refractivity contribution in [1.29, 1.82) is 0 Å². The van der Waals surface area contributed by atoms with Gasteiger partial charge in [-0.2, -0.15) is 0 Å². The number of aryl methyl sites for hydroxylation is 1. The maximum absolute atomic E-state index is 12.3. The second-order valence-electron chi connectivity index (χ2n) is 6.12. The van der Waals surface area contributed by atoms with Crippen molar-refractivity contribution in [2.45, 2.75) is 37.7 Å². The first-order chi connectivity index (χ1) is 12.5. The van der Waals surface area contributed by atoms with Crippen LogP contribution in [0.3, 0.4) is 0 Å². The zero-order chi connectivity index (χ0) is 18.5. The molecule has 0 aliphatic heterocycles. The predicted octanol–water partition coefficient (Wildman–Crippen LogP) is 4.07. The number of nitrogens with one attached hydrogen (secondary N) is 2. The summed E-state index contributed by atoms with van der Waals surface area (Å²) in [5.41, 5.74) is 4.07. The minimum atomic E-state index is -0.243. The number of hydrogen-bond donors (Lipinski definition) is 2. The van der Waals surface area contributed by atoms with Crippen LogP contribution in [0, 0.1) is 6.92 Å². The average Bonchev–Trinajstić information content (AvgIpc) is 3.02. The monoisotopic (exact) mass is 369 g/mol. The summed E-state index contributed by atoms with van der Waals surface area (Å²) in [5, 5.41) is 3.46. The Morgan fingerprint density at radius 2 is 2.04 bits per heavy atom. The van der Waals surface area contributed by atoms with Crippen molar-refractivity contribution in [2.24, 2.45) is 0 Å². The summed E-state index contributed by atoms with van der Waals surface area (Å²) in [5.74, 6) is 0.801. The van der Waals surface area contributed by atoms with E-state index in [2.05, 4.69) is 15.3 Å². The second kappa shape index (κ2) is 8.27. The molecule has 136 valence electrons. The van der Waals surface area contributed by atoms with Crippen LogP contribution in [0.25, 0.3) is 11.0 Å². The third-order valence-corrected chi connectivity index (χ3v) is 4.97. The fourth-order valence-corrected chi connectivity index (χ4v) is 3.38. The molecule has 0 radical (unpaired) electrons. The molecule has 0 aliphatic carbocycles. The SMILES string of the molecule is CCOc1ccc2nc(SC(C)C(=O)NCc3ccc(C)cc3)[nH]c2c1. The number of amides is 1. The van der Waals surface area contributed by atoms with Gasteiger partial charge in [-0.15, -0.1) is 0 Å². The largest absolute Gasteiger partial charge is 0.494 e. The molecule has 0 spiro atoms. The molecule has 2 aromatic carbocycles. The van der Waals surface area contributed by atoms with Gasteiger partial charge in [0.1, 0.15) is 5.75 Å². The average molecular weight is 369 g/mol. The summed E-state index contributed by atoms with van der Waals surface area (Å²) in [6.07, 6.45) is 0. The van der Waals surface area contributed by atoms with Crippen LogP contribution in [0.4, 0.5) is 0 Å². The molecular weight excluding hydrogens is 346 g/mol. The van der Waals surface area contributed by atoms with Crippen LogP contribution in [0.5, 0.6) is 5.75 Å². The molecule has 3 rings (SSSR count). The number of aromatic nitrogens is 2. The molecule has 26 heavy (non-hydrogen) atoms. The highest BCUT2D eigenvalue weighted by Crippen LogP contribution is 2.26. The number of fused-ring (bicyclic) bond motifs is 1. The quantitative estimate of drug-likeness (QED) is 0.616. The van der Waals surface area contributed by atoms with Gasteiger partial charge in [0.15, 0.2) is 5.16 Å². The van der Waals surface area contributed by atoms with Gasteiger partial charge < -0.3 is 15.0 Å². The number of nitrogens with zero attached hydrogens (tertiary/aromatic N) is 1. The molecule has 2 N–H and O–H groups in total. The first kappa shape index (κ1) is 18.3. The van der Waals surface area contributed by atoms with Crippen molar-refractivity contribution in [3.63, 3.8) is 0 Å². The first-order valence-electron chi connectivity index (χ1n) is 8.67. The molecule has 0 bridgehead atoms. The van der Waals surface area contributed by atoms with Crippen LogP contribution in [-0.2, 0) is 11.3 Å². The number of carbonyl (C=O) groups is 1. The minimum Gasteiger partial charge on any atom is -0.494 e. The van der Waals surface area contributed by atoms with Crippen LogP contribution < -0.4 is 10.1 Å². The summed E-state index contributed by atoms with van der Waals surface area (Å²) < 4.78 is 5.51. The molecule has 1 unspecified atom stereocenters. The van der Waals surface area contributed by atoms with E-state index in [1.807, 2.05) is 63.2 Å². The molecule has 3 aromatic rings. The van der Waals surface area contributed by atoms with Gasteiger partial charge in [-0.3, -0.25) is 4.79 Å². The van der Waals surface area contributed by atoms with Crippen molar-refractivity contribution in [2.75, 3.05) is 6.61 Å². The fourth-order valence-electron chi connectivity index (χ4n) is 2.54. The Morgan fingerprint density at radius 3 is 2.77 bits per heavy atom. The summed E-state index contributed by atoms with van der Waals surface area (Å²) in [7, 11) is 0. The van der Waals surface area contributed by atoms with E-state index in [0.29, 0.717) is 13.2 Å². The number of benzene rings is 2. The molecule has 1 atom stereocenters. The number of aromatic amines is 1. The fraction of sp³-hybridized carbons (Fsp3) is 0.300. The lowest BCUT2D eigenvalue weighted by molar-refractivity contribution is -0.120. The zero-order valence-corrected chi connectivity index (χ0v) is 16.0. The number of hydrogen-bond acceptors (Lipinski definition) is 4. The number of thioether (sulfide) groups is 1. The molecular formula is C20H23N3O2S. The molecule has 0 aliphatic rings. The van der Waals surface area contributed by atoms with Crippen LogP contribution >= 0.6 is 11.8 Å². The molecule has 1 aromatic heterocycles. The van der Waals surface area contributed by atoms with E-state index in [0.717, 1.165) is 27.5 Å². The van der Waals surface area contributed by atoms with Crippen molar-refractivity contribution < 1.29 is 9.53 Å². The van der Waals surface area contributed by atoms with Gasteiger partial charge in [-0.25, -0.2) is 4.98 Å². The zero-order valence-electron chi connectivity index (χ0n) is 15.2. The Morgan fingerprint density at radius 1 is 1.27 bits per heavy atom. The normalized spacial score (nSPS) is 12.1. The Kier molecular flexibility index (Phi) is 5.83. The molecule has 0 fully saturated rings. The van der Waals surface area contributed by atoms with Gasteiger partial charge in [0, 0.05) is 12.6 Å². The summed E-state index contributed by atoms with van der Waals surface area (Å²) in [6.45, 7) is 7.04. The Bertz CT molecular complexity index is 890. The van der Waals surface area contributed by atoms with Gasteiger partial charge in [0.2, 0.25) is 5.91 Å². The van der Waals surface area contributed by atoms with E-state index in [-0.39, 0.29) is 11.2 Å². The van der Waals surface area contributed by atoms with E-state index >= 15 is 0 Å². The van der Waals surface area contributed by atoms with Crippen molar-refractivity contribution >= 4 is 28.7 Å².